The average Bonchev–Trinajstić information content (AvgIpc) is 2.78. The molecule has 0 heterocycles. The Morgan fingerprint density at radius 1 is 0.912 bits per heavy atom. The van der Waals surface area contributed by atoms with E-state index in [0.717, 1.165) is 16.7 Å². The molecule has 3 rings (SSSR count). The maximum Gasteiger partial charge on any atom is 0.339 e. The van der Waals surface area contributed by atoms with Gasteiger partial charge in [-0.3, -0.25) is 4.79 Å². The van der Waals surface area contributed by atoms with Gasteiger partial charge in [0.05, 0.1) is 12.5 Å². The summed E-state index contributed by atoms with van der Waals surface area (Å²) < 4.78 is 35.8. The molecule has 0 aromatic heterocycles. The summed E-state index contributed by atoms with van der Waals surface area (Å²) in [6.07, 6.45) is 0.482. The number of ether oxygens (including phenoxy) is 1. The molecule has 0 aliphatic heterocycles. The lowest BCUT2D eigenvalue weighted by atomic mass is 9.85. The van der Waals surface area contributed by atoms with Crippen LogP contribution in [0.1, 0.15) is 42.9 Å². The van der Waals surface area contributed by atoms with Gasteiger partial charge in [0.1, 0.15) is 10.6 Å². The van der Waals surface area contributed by atoms with Crippen LogP contribution in [-0.4, -0.2) is 26.5 Å². The van der Waals surface area contributed by atoms with Crippen LogP contribution in [0.25, 0.3) is 0 Å². The van der Waals surface area contributed by atoms with Crippen molar-refractivity contribution in [3.63, 3.8) is 0 Å². The number of carbonyl (C=O) groups is 1. The van der Waals surface area contributed by atoms with Gasteiger partial charge in [-0.25, -0.2) is 0 Å². The van der Waals surface area contributed by atoms with Crippen molar-refractivity contribution in [2.24, 2.45) is 5.73 Å². The Labute approximate surface area is 201 Å². The molecule has 7 heteroatoms. The van der Waals surface area contributed by atoms with E-state index in [1.807, 2.05) is 37.3 Å². The Hall–Kier alpha value is -3.16. The van der Waals surface area contributed by atoms with Gasteiger partial charge in [0, 0.05) is 12.0 Å². The molecule has 34 heavy (non-hydrogen) atoms. The van der Waals surface area contributed by atoms with E-state index in [2.05, 4.69) is 0 Å². The first kappa shape index (κ1) is 25.5. The normalized spacial score (nSPS) is 13.3. The van der Waals surface area contributed by atoms with E-state index in [1.165, 1.54) is 12.1 Å². The molecular formula is C27H31NO5S. The summed E-state index contributed by atoms with van der Waals surface area (Å²) in [6, 6.07) is 22.6. The topological polar surface area (TPSA) is 95.7 Å². The van der Waals surface area contributed by atoms with Gasteiger partial charge in [0.2, 0.25) is 0 Å². The Kier molecular flexibility index (Phi) is 8.47. The first-order chi connectivity index (χ1) is 16.1. The number of aryl methyl sites for hydroxylation is 1. The van der Waals surface area contributed by atoms with E-state index in [-0.39, 0.29) is 41.1 Å². The maximum atomic E-state index is 12.6. The van der Waals surface area contributed by atoms with Crippen molar-refractivity contribution >= 4 is 16.1 Å². The summed E-state index contributed by atoms with van der Waals surface area (Å²) in [7, 11) is -3.95. The molecule has 2 N–H and O–H groups in total. The van der Waals surface area contributed by atoms with Crippen LogP contribution in [0.5, 0.6) is 5.75 Å². The van der Waals surface area contributed by atoms with Crippen molar-refractivity contribution in [2.75, 3.05) is 0 Å². The fraction of sp³-hybridized carbons (Fsp3) is 0.296. The van der Waals surface area contributed by atoms with Crippen molar-refractivity contribution in [1.29, 1.82) is 0 Å². The van der Waals surface area contributed by atoms with Crippen LogP contribution in [0.4, 0.5) is 0 Å². The van der Waals surface area contributed by atoms with Crippen LogP contribution in [-0.2, 0) is 26.1 Å². The third kappa shape index (κ3) is 7.17. The minimum Gasteiger partial charge on any atom is -0.463 e. The summed E-state index contributed by atoms with van der Waals surface area (Å²) in [5, 5.41) is 0. The summed E-state index contributed by atoms with van der Waals surface area (Å²) >= 11 is 0. The molecule has 0 bridgehead atoms. The highest BCUT2D eigenvalue weighted by atomic mass is 32.2. The zero-order valence-electron chi connectivity index (χ0n) is 19.7. The van der Waals surface area contributed by atoms with Gasteiger partial charge in [0.25, 0.3) is 0 Å². The summed E-state index contributed by atoms with van der Waals surface area (Å²) in [5.74, 6) is -0.454. The van der Waals surface area contributed by atoms with Crippen molar-refractivity contribution in [3.8, 4) is 5.75 Å². The van der Waals surface area contributed by atoms with E-state index in [9.17, 15) is 13.2 Å². The van der Waals surface area contributed by atoms with E-state index >= 15 is 0 Å². The predicted octanol–water partition coefficient (Wildman–Crippen LogP) is 4.76. The number of nitrogens with two attached hydrogens (primary N) is 1. The molecule has 3 aromatic carbocycles. The zero-order chi connectivity index (χ0) is 24.7. The Balaban J connectivity index is 1.80. The van der Waals surface area contributed by atoms with Gasteiger partial charge in [-0.1, -0.05) is 60.2 Å². The van der Waals surface area contributed by atoms with Gasteiger partial charge in [0.15, 0.2) is 0 Å². The van der Waals surface area contributed by atoms with Crippen LogP contribution < -0.4 is 9.92 Å². The summed E-state index contributed by atoms with van der Waals surface area (Å²) in [6.45, 7) is 5.49. The van der Waals surface area contributed by atoms with Gasteiger partial charge in [-0.15, -0.1) is 0 Å². The van der Waals surface area contributed by atoms with Crippen molar-refractivity contribution in [3.05, 3.63) is 95.6 Å². The third-order valence-corrected chi connectivity index (χ3v) is 6.67. The van der Waals surface area contributed by atoms with Gasteiger partial charge >= 0.3 is 16.1 Å². The lowest BCUT2D eigenvalue weighted by Gasteiger charge is -2.24. The molecule has 3 aromatic rings. The molecule has 0 saturated carbocycles. The zero-order valence-corrected chi connectivity index (χ0v) is 20.5. The summed E-state index contributed by atoms with van der Waals surface area (Å²) in [5.41, 5.74) is 9.39. The number of carbonyl (C=O) groups excluding carboxylic acids is 1. The number of hydrogen-bond donors (Lipinski definition) is 1. The highest BCUT2D eigenvalue weighted by Gasteiger charge is 2.25. The Morgan fingerprint density at radius 2 is 1.53 bits per heavy atom. The molecule has 0 radical (unpaired) electrons. The highest BCUT2D eigenvalue weighted by Crippen LogP contribution is 2.28. The van der Waals surface area contributed by atoms with Crippen LogP contribution in [0.2, 0.25) is 0 Å². The Morgan fingerprint density at radius 3 is 2.12 bits per heavy atom. The van der Waals surface area contributed by atoms with Crippen molar-refractivity contribution < 1.29 is 22.1 Å². The fourth-order valence-corrected chi connectivity index (χ4v) is 4.62. The molecule has 0 spiro atoms. The molecule has 0 aliphatic rings. The SMILES string of the molecule is Cc1ccc(S(=O)(=O)Oc2ccc(C(CC(=O)OC(C)C)C(N)Cc3ccccc3)cc2)cc1. The molecule has 2 atom stereocenters. The number of hydrogen-bond acceptors (Lipinski definition) is 6. The largest absolute Gasteiger partial charge is 0.463 e. The minimum atomic E-state index is -3.95. The molecule has 0 saturated heterocycles. The predicted molar refractivity (Wildman–Crippen MR) is 132 cm³/mol. The lowest BCUT2D eigenvalue weighted by Crippen LogP contribution is -2.33. The quantitative estimate of drug-likeness (QED) is 0.331. The minimum absolute atomic E-state index is 0.0846. The van der Waals surface area contributed by atoms with E-state index < -0.39 is 10.1 Å². The van der Waals surface area contributed by atoms with Crippen molar-refractivity contribution in [2.45, 2.75) is 56.6 Å². The van der Waals surface area contributed by atoms with E-state index in [0.29, 0.717) is 6.42 Å². The fourth-order valence-electron chi connectivity index (χ4n) is 3.69. The van der Waals surface area contributed by atoms with Crippen LogP contribution in [0.15, 0.2) is 83.8 Å². The number of rotatable bonds is 10. The molecular weight excluding hydrogens is 450 g/mol. The standard InChI is InChI=1S/C27H31NO5S/c1-19(2)32-27(29)18-25(26(28)17-21-7-5-4-6-8-21)22-11-13-23(14-12-22)33-34(30,31)24-15-9-20(3)10-16-24/h4-16,19,25-26H,17-18,28H2,1-3H3. The monoisotopic (exact) mass is 481 g/mol. The van der Waals surface area contributed by atoms with Gasteiger partial charge in [-0.2, -0.15) is 8.42 Å². The molecule has 0 aliphatic carbocycles. The van der Waals surface area contributed by atoms with Crippen LogP contribution in [0, 0.1) is 6.92 Å². The Bertz CT molecular complexity index is 1170. The molecule has 2 unspecified atom stereocenters. The maximum absolute atomic E-state index is 12.6. The van der Waals surface area contributed by atoms with E-state index in [1.54, 1.807) is 50.2 Å². The smallest absolute Gasteiger partial charge is 0.339 e. The molecule has 6 nitrogen and oxygen atoms in total. The highest BCUT2D eigenvalue weighted by molar-refractivity contribution is 7.87. The second-order valence-corrected chi connectivity index (χ2v) is 10.2. The molecule has 0 amide bonds. The second kappa shape index (κ2) is 11.3. The van der Waals surface area contributed by atoms with Crippen LogP contribution in [0.3, 0.4) is 0 Å². The molecule has 0 fully saturated rings. The average molecular weight is 482 g/mol. The van der Waals surface area contributed by atoms with Crippen molar-refractivity contribution in [1.82, 2.24) is 0 Å². The van der Waals surface area contributed by atoms with Gasteiger partial charge < -0.3 is 14.7 Å². The first-order valence-corrected chi connectivity index (χ1v) is 12.6. The lowest BCUT2D eigenvalue weighted by molar-refractivity contribution is -0.148. The van der Waals surface area contributed by atoms with Crippen LogP contribution >= 0.6 is 0 Å². The number of esters is 1. The molecule has 180 valence electrons. The number of benzene rings is 3. The van der Waals surface area contributed by atoms with E-state index in [4.69, 9.17) is 14.7 Å². The first-order valence-electron chi connectivity index (χ1n) is 11.2. The third-order valence-electron chi connectivity index (χ3n) is 5.41. The van der Waals surface area contributed by atoms with Gasteiger partial charge in [-0.05, 0) is 62.6 Å². The summed E-state index contributed by atoms with van der Waals surface area (Å²) in [4.78, 5) is 12.5. The second-order valence-electron chi connectivity index (χ2n) is 8.62.